The highest BCUT2D eigenvalue weighted by Crippen LogP contribution is 2.37. The van der Waals surface area contributed by atoms with Gasteiger partial charge in [-0.3, -0.25) is 0 Å². The Morgan fingerprint density at radius 2 is 2.00 bits per heavy atom. The van der Waals surface area contributed by atoms with E-state index in [2.05, 4.69) is 9.88 Å². The monoisotopic (exact) mass is 280 g/mol. The van der Waals surface area contributed by atoms with Gasteiger partial charge in [-0.05, 0) is 43.7 Å². The number of piperidine rings is 1. The molecule has 3 rings (SSSR count). The number of halogens is 1. The molecule has 1 aliphatic heterocycles. The van der Waals surface area contributed by atoms with E-state index < -0.39 is 0 Å². The van der Waals surface area contributed by atoms with Crippen molar-refractivity contribution in [2.75, 3.05) is 11.4 Å². The SMILES string of the molecule is OCc1nc(N2CCC[C@H]3CCCC[C@H]32)ccc1Cl. The Morgan fingerprint density at radius 3 is 2.84 bits per heavy atom. The Balaban J connectivity index is 1.87. The lowest BCUT2D eigenvalue weighted by Crippen LogP contribution is -2.47. The van der Waals surface area contributed by atoms with Gasteiger partial charge in [0, 0.05) is 12.6 Å². The van der Waals surface area contributed by atoms with Gasteiger partial charge in [0.05, 0.1) is 17.3 Å². The van der Waals surface area contributed by atoms with Crippen molar-refractivity contribution in [3.05, 3.63) is 22.8 Å². The van der Waals surface area contributed by atoms with Gasteiger partial charge in [-0.2, -0.15) is 0 Å². The van der Waals surface area contributed by atoms with E-state index in [1.807, 2.05) is 12.1 Å². The molecule has 1 N–H and O–H groups in total. The van der Waals surface area contributed by atoms with E-state index in [1.54, 1.807) is 0 Å². The molecule has 3 nitrogen and oxygen atoms in total. The van der Waals surface area contributed by atoms with Crippen molar-refractivity contribution in [2.45, 2.75) is 51.2 Å². The third-order valence-electron chi connectivity index (χ3n) is 4.59. The largest absolute Gasteiger partial charge is 0.390 e. The number of anilines is 1. The van der Waals surface area contributed by atoms with Crippen LogP contribution in [0.15, 0.2) is 12.1 Å². The molecule has 2 heterocycles. The summed E-state index contributed by atoms with van der Waals surface area (Å²) in [5, 5.41) is 9.87. The average molecular weight is 281 g/mol. The summed E-state index contributed by atoms with van der Waals surface area (Å²) in [4.78, 5) is 7.00. The van der Waals surface area contributed by atoms with E-state index in [-0.39, 0.29) is 6.61 Å². The number of pyridine rings is 1. The van der Waals surface area contributed by atoms with Crippen LogP contribution in [0.1, 0.15) is 44.2 Å². The molecule has 2 aliphatic rings. The zero-order chi connectivity index (χ0) is 13.2. The second-order valence-electron chi connectivity index (χ2n) is 5.70. The molecule has 1 aromatic rings. The third kappa shape index (κ3) is 2.59. The minimum atomic E-state index is -0.0887. The van der Waals surface area contributed by atoms with Gasteiger partial charge in [-0.25, -0.2) is 4.98 Å². The van der Waals surface area contributed by atoms with Crippen LogP contribution in [0.4, 0.5) is 5.82 Å². The van der Waals surface area contributed by atoms with Gasteiger partial charge in [0.2, 0.25) is 0 Å². The molecule has 0 amide bonds. The van der Waals surface area contributed by atoms with E-state index in [1.165, 1.54) is 38.5 Å². The second-order valence-corrected chi connectivity index (χ2v) is 6.11. The Bertz CT molecular complexity index is 450. The normalized spacial score (nSPS) is 27.2. The first-order valence-electron chi connectivity index (χ1n) is 7.32. The molecule has 0 spiro atoms. The molecule has 104 valence electrons. The maximum Gasteiger partial charge on any atom is 0.129 e. The van der Waals surface area contributed by atoms with Crippen LogP contribution in [-0.4, -0.2) is 22.7 Å². The fourth-order valence-corrected chi connectivity index (χ4v) is 3.82. The smallest absolute Gasteiger partial charge is 0.129 e. The molecule has 2 atom stereocenters. The van der Waals surface area contributed by atoms with Gasteiger partial charge in [0.25, 0.3) is 0 Å². The van der Waals surface area contributed by atoms with Gasteiger partial charge >= 0.3 is 0 Å². The lowest BCUT2D eigenvalue weighted by molar-refractivity contribution is 0.242. The van der Waals surface area contributed by atoms with Crippen molar-refractivity contribution in [1.29, 1.82) is 0 Å². The van der Waals surface area contributed by atoms with Crippen LogP contribution in [-0.2, 0) is 6.61 Å². The summed E-state index contributed by atoms with van der Waals surface area (Å²) >= 11 is 6.03. The van der Waals surface area contributed by atoms with Crippen LogP contribution in [0.5, 0.6) is 0 Å². The second kappa shape index (κ2) is 5.68. The fraction of sp³-hybridized carbons (Fsp3) is 0.667. The van der Waals surface area contributed by atoms with Crippen LogP contribution in [0.2, 0.25) is 5.02 Å². The van der Waals surface area contributed by atoms with Gasteiger partial charge in [0.15, 0.2) is 0 Å². The van der Waals surface area contributed by atoms with Crippen molar-refractivity contribution in [3.8, 4) is 0 Å². The predicted octanol–water partition coefficient (Wildman–Crippen LogP) is 3.39. The van der Waals surface area contributed by atoms with Gasteiger partial charge < -0.3 is 10.0 Å². The molecular formula is C15H21ClN2O. The maximum atomic E-state index is 9.31. The lowest BCUT2D eigenvalue weighted by Gasteiger charge is -2.44. The molecule has 1 aromatic heterocycles. The fourth-order valence-electron chi connectivity index (χ4n) is 3.65. The highest BCUT2D eigenvalue weighted by Gasteiger charge is 2.33. The van der Waals surface area contributed by atoms with Gasteiger partial charge in [-0.15, -0.1) is 0 Å². The Morgan fingerprint density at radius 1 is 1.21 bits per heavy atom. The summed E-state index contributed by atoms with van der Waals surface area (Å²) in [7, 11) is 0. The Kier molecular flexibility index (Phi) is 3.94. The standard InChI is InChI=1S/C15H21ClN2O/c16-12-7-8-15(17-13(12)10-19)18-9-3-5-11-4-1-2-6-14(11)18/h7-8,11,14,19H,1-6,9-10H2/t11-,14-/m1/s1. The minimum absolute atomic E-state index is 0.0887. The summed E-state index contributed by atoms with van der Waals surface area (Å²) in [6.45, 7) is 0.995. The summed E-state index contributed by atoms with van der Waals surface area (Å²) in [5.74, 6) is 1.82. The molecule has 0 radical (unpaired) electrons. The first-order valence-corrected chi connectivity index (χ1v) is 7.70. The first kappa shape index (κ1) is 13.2. The van der Waals surface area contributed by atoms with E-state index in [9.17, 15) is 5.11 Å². The van der Waals surface area contributed by atoms with Crippen molar-refractivity contribution in [3.63, 3.8) is 0 Å². The molecule has 0 bridgehead atoms. The number of nitrogens with zero attached hydrogens (tertiary/aromatic N) is 2. The molecule has 1 aliphatic carbocycles. The van der Waals surface area contributed by atoms with Crippen LogP contribution in [0.25, 0.3) is 0 Å². The van der Waals surface area contributed by atoms with Crippen LogP contribution in [0.3, 0.4) is 0 Å². The summed E-state index contributed by atoms with van der Waals surface area (Å²) in [6, 6.07) is 4.50. The van der Waals surface area contributed by atoms with Crippen molar-refractivity contribution >= 4 is 17.4 Å². The number of hydrogen-bond donors (Lipinski definition) is 1. The molecular weight excluding hydrogens is 260 g/mol. The van der Waals surface area contributed by atoms with Crippen LogP contribution < -0.4 is 4.90 Å². The zero-order valence-electron chi connectivity index (χ0n) is 11.2. The molecule has 1 saturated heterocycles. The zero-order valence-corrected chi connectivity index (χ0v) is 11.9. The number of hydrogen-bond acceptors (Lipinski definition) is 3. The quantitative estimate of drug-likeness (QED) is 0.902. The van der Waals surface area contributed by atoms with E-state index in [4.69, 9.17) is 11.6 Å². The molecule has 0 aromatic carbocycles. The van der Waals surface area contributed by atoms with Gasteiger partial charge in [-0.1, -0.05) is 24.4 Å². The van der Waals surface area contributed by atoms with Crippen molar-refractivity contribution in [2.24, 2.45) is 5.92 Å². The minimum Gasteiger partial charge on any atom is -0.390 e. The summed E-state index contributed by atoms with van der Waals surface area (Å²) < 4.78 is 0. The number of aliphatic hydroxyl groups is 1. The number of aliphatic hydroxyl groups excluding tert-OH is 1. The lowest BCUT2D eigenvalue weighted by atomic mass is 9.78. The number of rotatable bonds is 2. The number of aromatic nitrogens is 1. The third-order valence-corrected chi connectivity index (χ3v) is 4.94. The van der Waals surface area contributed by atoms with Gasteiger partial charge in [0.1, 0.15) is 5.82 Å². The number of fused-ring (bicyclic) bond motifs is 1. The Labute approximate surface area is 119 Å². The highest BCUT2D eigenvalue weighted by atomic mass is 35.5. The molecule has 1 saturated carbocycles. The first-order chi connectivity index (χ1) is 9.29. The van der Waals surface area contributed by atoms with Crippen LogP contribution >= 0.6 is 11.6 Å². The van der Waals surface area contributed by atoms with Crippen molar-refractivity contribution in [1.82, 2.24) is 4.98 Å². The molecule has 0 unspecified atom stereocenters. The summed E-state index contributed by atoms with van der Waals surface area (Å²) in [5.41, 5.74) is 0.595. The van der Waals surface area contributed by atoms with E-state index in [0.717, 1.165) is 18.3 Å². The van der Waals surface area contributed by atoms with Crippen LogP contribution in [0, 0.1) is 5.92 Å². The average Bonchev–Trinajstić information content (AvgIpc) is 2.47. The topological polar surface area (TPSA) is 36.4 Å². The maximum absolute atomic E-state index is 9.31. The van der Waals surface area contributed by atoms with E-state index in [0.29, 0.717) is 16.8 Å². The molecule has 2 fully saturated rings. The van der Waals surface area contributed by atoms with E-state index >= 15 is 0 Å². The summed E-state index contributed by atoms with van der Waals surface area (Å²) in [6.07, 6.45) is 7.97. The predicted molar refractivity (Wildman–Crippen MR) is 77.5 cm³/mol. The molecule has 19 heavy (non-hydrogen) atoms. The Hall–Kier alpha value is -0.800. The highest BCUT2D eigenvalue weighted by molar-refractivity contribution is 6.31. The van der Waals surface area contributed by atoms with Crippen molar-refractivity contribution < 1.29 is 5.11 Å². The molecule has 4 heteroatoms.